The van der Waals surface area contributed by atoms with Crippen LogP contribution in [0.1, 0.15) is 43.1 Å². The lowest BCUT2D eigenvalue weighted by Gasteiger charge is -2.19. The zero-order valence-corrected chi connectivity index (χ0v) is 12.6. The van der Waals surface area contributed by atoms with Crippen molar-refractivity contribution < 1.29 is 19.4 Å². The minimum absolute atomic E-state index is 0.0563. The maximum absolute atomic E-state index is 11.4. The molecule has 0 heterocycles. The standard InChI is InChI=1S/C16H21NO4/c1-16(2,3)21-15(20)17-9-5-4-6-12-7-8-14(19)10-13(12)11-18/h4,6-8,10-11,19H,5,9H2,1-3H3,(H,17,20). The van der Waals surface area contributed by atoms with E-state index < -0.39 is 11.7 Å². The van der Waals surface area contributed by atoms with Crippen molar-refractivity contribution in [3.63, 3.8) is 0 Å². The van der Waals surface area contributed by atoms with Crippen LogP contribution in [-0.4, -0.2) is 29.6 Å². The number of ether oxygens (including phenoxy) is 1. The van der Waals surface area contributed by atoms with E-state index in [1.165, 1.54) is 12.1 Å². The van der Waals surface area contributed by atoms with Crippen LogP contribution in [0.5, 0.6) is 5.75 Å². The second kappa shape index (κ2) is 7.47. The second-order valence-electron chi connectivity index (χ2n) is 5.55. The number of benzene rings is 1. The normalized spacial score (nSPS) is 11.4. The molecule has 0 fully saturated rings. The van der Waals surface area contributed by atoms with Gasteiger partial charge in [-0.25, -0.2) is 4.79 Å². The second-order valence-corrected chi connectivity index (χ2v) is 5.55. The smallest absolute Gasteiger partial charge is 0.407 e. The number of phenolic OH excluding ortho intramolecular Hbond substituents is 1. The van der Waals surface area contributed by atoms with Crippen molar-refractivity contribution in [2.24, 2.45) is 0 Å². The van der Waals surface area contributed by atoms with Crippen molar-refractivity contribution in [2.45, 2.75) is 32.8 Å². The van der Waals surface area contributed by atoms with Crippen molar-refractivity contribution in [2.75, 3.05) is 6.54 Å². The van der Waals surface area contributed by atoms with Gasteiger partial charge in [0.25, 0.3) is 0 Å². The summed E-state index contributed by atoms with van der Waals surface area (Å²) in [5.74, 6) is 0.0563. The van der Waals surface area contributed by atoms with Gasteiger partial charge in [0.15, 0.2) is 6.29 Å². The summed E-state index contributed by atoms with van der Waals surface area (Å²) >= 11 is 0. The molecule has 0 bridgehead atoms. The molecule has 0 spiro atoms. The highest BCUT2D eigenvalue weighted by Crippen LogP contribution is 2.16. The maximum Gasteiger partial charge on any atom is 0.407 e. The van der Waals surface area contributed by atoms with Gasteiger partial charge < -0.3 is 15.2 Å². The molecule has 5 heteroatoms. The Morgan fingerprint density at radius 3 is 2.67 bits per heavy atom. The number of aromatic hydroxyl groups is 1. The molecule has 1 aromatic carbocycles. The van der Waals surface area contributed by atoms with Gasteiger partial charge in [0, 0.05) is 12.1 Å². The fourth-order valence-corrected chi connectivity index (χ4v) is 1.60. The van der Waals surface area contributed by atoms with Crippen LogP contribution in [0.3, 0.4) is 0 Å². The number of carbonyl (C=O) groups is 2. The van der Waals surface area contributed by atoms with Gasteiger partial charge in [0.05, 0.1) is 0 Å². The molecule has 0 aliphatic carbocycles. The molecule has 0 aromatic heterocycles. The third kappa shape index (κ3) is 6.61. The van der Waals surface area contributed by atoms with Crippen LogP contribution in [-0.2, 0) is 4.74 Å². The van der Waals surface area contributed by atoms with Crippen molar-refractivity contribution >= 4 is 18.5 Å². The van der Waals surface area contributed by atoms with Crippen LogP contribution in [0, 0.1) is 0 Å². The van der Waals surface area contributed by atoms with E-state index in [4.69, 9.17) is 4.74 Å². The van der Waals surface area contributed by atoms with E-state index in [0.29, 0.717) is 24.8 Å². The summed E-state index contributed by atoms with van der Waals surface area (Å²) in [6, 6.07) is 4.59. The first-order chi connectivity index (χ1) is 9.81. The molecular weight excluding hydrogens is 270 g/mol. The lowest BCUT2D eigenvalue weighted by Crippen LogP contribution is -2.32. The predicted molar refractivity (Wildman–Crippen MR) is 81.4 cm³/mol. The van der Waals surface area contributed by atoms with E-state index in [0.717, 1.165) is 5.56 Å². The van der Waals surface area contributed by atoms with Gasteiger partial charge >= 0.3 is 6.09 Å². The van der Waals surface area contributed by atoms with Crippen LogP contribution >= 0.6 is 0 Å². The molecule has 5 nitrogen and oxygen atoms in total. The van der Waals surface area contributed by atoms with Gasteiger partial charge in [-0.2, -0.15) is 0 Å². The molecular formula is C16H21NO4. The number of hydrogen-bond donors (Lipinski definition) is 2. The van der Waals surface area contributed by atoms with Crippen molar-refractivity contribution in [1.82, 2.24) is 5.32 Å². The van der Waals surface area contributed by atoms with E-state index in [1.807, 2.05) is 6.08 Å². The lowest BCUT2D eigenvalue weighted by molar-refractivity contribution is 0.0528. The number of alkyl carbamates (subject to hydrolysis) is 1. The Morgan fingerprint density at radius 2 is 2.05 bits per heavy atom. The number of aldehydes is 1. The lowest BCUT2D eigenvalue weighted by atomic mass is 10.1. The SMILES string of the molecule is CC(C)(C)OC(=O)NCCC=Cc1ccc(O)cc1C=O. The average molecular weight is 291 g/mol. The Morgan fingerprint density at radius 1 is 1.33 bits per heavy atom. The van der Waals surface area contributed by atoms with Crippen LogP contribution in [0.2, 0.25) is 0 Å². The Kier molecular flexibility index (Phi) is 5.96. The summed E-state index contributed by atoms with van der Waals surface area (Å²) in [6.07, 6.45) is 4.47. The number of amides is 1. The molecule has 0 atom stereocenters. The van der Waals surface area contributed by atoms with Crippen LogP contribution in [0.15, 0.2) is 24.3 Å². The van der Waals surface area contributed by atoms with E-state index in [2.05, 4.69) is 5.32 Å². The molecule has 0 unspecified atom stereocenters. The summed E-state index contributed by atoms with van der Waals surface area (Å²) in [4.78, 5) is 22.3. The van der Waals surface area contributed by atoms with Crippen LogP contribution in [0.4, 0.5) is 4.79 Å². The van der Waals surface area contributed by atoms with E-state index >= 15 is 0 Å². The minimum atomic E-state index is -0.509. The molecule has 21 heavy (non-hydrogen) atoms. The molecule has 0 radical (unpaired) electrons. The van der Waals surface area contributed by atoms with Gasteiger partial charge in [-0.3, -0.25) is 4.79 Å². The highest BCUT2D eigenvalue weighted by molar-refractivity contribution is 5.82. The summed E-state index contributed by atoms with van der Waals surface area (Å²) < 4.78 is 5.10. The number of rotatable bonds is 5. The molecule has 114 valence electrons. The quantitative estimate of drug-likeness (QED) is 0.645. The van der Waals surface area contributed by atoms with Gasteiger partial charge in [-0.15, -0.1) is 0 Å². The minimum Gasteiger partial charge on any atom is -0.508 e. The van der Waals surface area contributed by atoms with Crippen LogP contribution < -0.4 is 5.32 Å². The van der Waals surface area contributed by atoms with Gasteiger partial charge in [0.1, 0.15) is 11.4 Å². The number of hydrogen-bond acceptors (Lipinski definition) is 4. The Labute approximate surface area is 124 Å². The summed E-state index contributed by atoms with van der Waals surface area (Å²) in [6.45, 7) is 5.86. The third-order valence-corrected chi connectivity index (χ3v) is 2.47. The molecule has 1 aromatic rings. The summed E-state index contributed by atoms with van der Waals surface area (Å²) in [5, 5.41) is 11.9. The highest BCUT2D eigenvalue weighted by Gasteiger charge is 2.15. The van der Waals surface area contributed by atoms with Crippen molar-refractivity contribution in [1.29, 1.82) is 0 Å². The Balaban J connectivity index is 2.42. The zero-order valence-electron chi connectivity index (χ0n) is 12.6. The zero-order chi connectivity index (χ0) is 15.9. The van der Waals surface area contributed by atoms with Gasteiger partial charge in [0.2, 0.25) is 0 Å². The first-order valence-corrected chi connectivity index (χ1v) is 6.73. The van der Waals surface area contributed by atoms with E-state index in [-0.39, 0.29) is 5.75 Å². The van der Waals surface area contributed by atoms with Crippen LogP contribution in [0.25, 0.3) is 6.08 Å². The van der Waals surface area contributed by atoms with E-state index in [1.54, 1.807) is 32.9 Å². The molecule has 0 saturated carbocycles. The van der Waals surface area contributed by atoms with Gasteiger partial charge in [-0.1, -0.05) is 18.2 Å². The van der Waals surface area contributed by atoms with Gasteiger partial charge in [-0.05, 0) is 44.9 Å². The largest absolute Gasteiger partial charge is 0.508 e. The third-order valence-electron chi connectivity index (χ3n) is 2.47. The maximum atomic E-state index is 11.4. The average Bonchev–Trinajstić information content (AvgIpc) is 2.37. The molecule has 1 amide bonds. The molecule has 2 N–H and O–H groups in total. The Hall–Kier alpha value is -2.30. The predicted octanol–water partition coefficient (Wildman–Crippen LogP) is 3.13. The topological polar surface area (TPSA) is 75.6 Å². The number of carbonyl (C=O) groups excluding carboxylic acids is 2. The number of phenols is 1. The van der Waals surface area contributed by atoms with Crippen molar-refractivity contribution in [3.05, 3.63) is 35.4 Å². The molecule has 0 aliphatic rings. The Bertz CT molecular complexity index is 530. The first-order valence-electron chi connectivity index (χ1n) is 6.73. The van der Waals surface area contributed by atoms with Crippen molar-refractivity contribution in [3.8, 4) is 5.75 Å². The first kappa shape index (κ1) is 16.8. The fraction of sp³-hybridized carbons (Fsp3) is 0.375. The molecule has 0 saturated heterocycles. The monoisotopic (exact) mass is 291 g/mol. The molecule has 1 rings (SSSR count). The highest BCUT2D eigenvalue weighted by atomic mass is 16.6. The number of nitrogens with one attached hydrogen (secondary N) is 1. The van der Waals surface area contributed by atoms with E-state index in [9.17, 15) is 14.7 Å². The molecule has 0 aliphatic heterocycles. The summed E-state index contributed by atoms with van der Waals surface area (Å²) in [5.41, 5.74) is 0.636. The summed E-state index contributed by atoms with van der Waals surface area (Å²) in [7, 11) is 0. The fourth-order valence-electron chi connectivity index (χ4n) is 1.60.